The van der Waals surface area contributed by atoms with Crippen LogP contribution in [0.3, 0.4) is 0 Å². The number of halogens is 1. The van der Waals surface area contributed by atoms with Crippen LogP contribution in [0, 0.1) is 5.82 Å². The average Bonchev–Trinajstić information content (AvgIpc) is 3.03. The molecule has 1 aromatic heterocycles. The summed E-state index contributed by atoms with van der Waals surface area (Å²) in [5.41, 5.74) is 1.91. The van der Waals surface area contributed by atoms with Gasteiger partial charge in [0.25, 0.3) is 0 Å². The number of amides is 1. The molecule has 0 saturated carbocycles. The molecule has 1 unspecified atom stereocenters. The maximum atomic E-state index is 13.0. The lowest BCUT2D eigenvalue weighted by Gasteiger charge is -2.25. The number of carbonyl (C=O) groups is 1. The zero-order valence-electron chi connectivity index (χ0n) is 14.2. The lowest BCUT2D eigenvalue weighted by molar-refractivity contribution is -0.116. The molecule has 3 rings (SSSR count). The van der Waals surface area contributed by atoms with Crippen LogP contribution < -0.4 is 5.32 Å². The van der Waals surface area contributed by atoms with E-state index in [9.17, 15) is 9.18 Å². The van der Waals surface area contributed by atoms with E-state index >= 15 is 0 Å². The molecule has 134 valence electrons. The SMILES string of the molecule is CC(CC(=O)Nc1nc(CN2CCOCC2)cs1)c1ccc(F)cc1. The second kappa shape index (κ2) is 8.51. The predicted molar refractivity (Wildman–Crippen MR) is 96.3 cm³/mol. The largest absolute Gasteiger partial charge is 0.379 e. The number of aromatic nitrogens is 1. The molecule has 2 heterocycles. The zero-order chi connectivity index (χ0) is 17.6. The summed E-state index contributed by atoms with van der Waals surface area (Å²) in [5, 5.41) is 5.47. The highest BCUT2D eigenvalue weighted by molar-refractivity contribution is 7.13. The van der Waals surface area contributed by atoms with Gasteiger partial charge in [-0.2, -0.15) is 0 Å². The third-order valence-electron chi connectivity index (χ3n) is 4.22. The Morgan fingerprint density at radius 2 is 2.08 bits per heavy atom. The van der Waals surface area contributed by atoms with Crippen LogP contribution in [-0.2, 0) is 16.1 Å². The first-order valence-corrected chi connectivity index (χ1v) is 9.28. The molecule has 0 bridgehead atoms. The minimum absolute atomic E-state index is 0.0217. The van der Waals surface area contributed by atoms with Gasteiger partial charge < -0.3 is 10.1 Å². The van der Waals surface area contributed by atoms with Crippen LogP contribution in [0.2, 0.25) is 0 Å². The summed E-state index contributed by atoms with van der Waals surface area (Å²) >= 11 is 1.44. The van der Waals surface area contributed by atoms with Crippen LogP contribution in [0.4, 0.5) is 9.52 Å². The zero-order valence-corrected chi connectivity index (χ0v) is 15.0. The molecule has 1 aromatic carbocycles. The fourth-order valence-corrected chi connectivity index (χ4v) is 3.50. The number of benzene rings is 1. The van der Waals surface area contributed by atoms with Gasteiger partial charge in [0.05, 0.1) is 18.9 Å². The fraction of sp³-hybridized carbons (Fsp3) is 0.444. The maximum Gasteiger partial charge on any atom is 0.226 e. The summed E-state index contributed by atoms with van der Waals surface area (Å²) in [6, 6.07) is 6.28. The highest BCUT2D eigenvalue weighted by atomic mass is 32.1. The van der Waals surface area contributed by atoms with Gasteiger partial charge in [-0.15, -0.1) is 11.3 Å². The second-order valence-corrected chi connectivity index (χ2v) is 7.10. The monoisotopic (exact) mass is 363 g/mol. The van der Waals surface area contributed by atoms with E-state index in [-0.39, 0.29) is 17.6 Å². The standard InChI is InChI=1S/C18H22FN3O2S/c1-13(14-2-4-15(19)5-3-14)10-17(23)21-18-20-16(12-25-18)11-22-6-8-24-9-7-22/h2-5,12-13H,6-11H2,1H3,(H,20,21,23). The smallest absolute Gasteiger partial charge is 0.226 e. The normalized spacial score (nSPS) is 16.6. The van der Waals surface area contributed by atoms with Crippen LogP contribution in [0.1, 0.15) is 30.5 Å². The molecule has 1 amide bonds. The van der Waals surface area contributed by atoms with Crippen LogP contribution in [0.5, 0.6) is 0 Å². The minimum Gasteiger partial charge on any atom is -0.379 e. The third kappa shape index (κ3) is 5.32. The molecule has 1 N–H and O–H groups in total. The minimum atomic E-state index is -0.268. The molecule has 0 radical (unpaired) electrons. The summed E-state index contributed by atoms with van der Waals surface area (Å²) in [6.07, 6.45) is 0.337. The number of thiazole rings is 1. The number of ether oxygens (including phenoxy) is 1. The molecular weight excluding hydrogens is 341 g/mol. The summed E-state index contributed by atoms with van der Waals surface area (Å²) < 4.78 is 18.3. The second-order valence-electron chi connectivity index (χ2n) is 6.24. The van der Waals surface area contributed by atoms with Crippen molar-refractivity contribution in [2.45, 2.75) is 25.8 Å². The number of anilines is 1. The first-order valence-electron chi connectivity index (χ1n) is 8.40. The van der Waals surface area contributed by atoms with Crippen molar-refractivity contribution in [1.29, 1.82) is 0 Å². The van der Waals surface area contributed by atoms with E-state index in [2.05, 4.69) is 15.2 Å². The molecule has 1 fully saturated rings. The van der Waals surface area contributed by atoms with Crippen molar-refractivity contribution in [2.24, 2.45) is 0 Å². The topological polar surface area (TPSA) is 54.5 Å². The molecule has 1 aliphatic rings. The van der Waals surface area contributed by atoms with E-state index in [1.165, 1.54) is 23.5 Å². The molecule has 7 heteroatoms. The molecule has 0 spiro atoms. The van der Waals surface area contributed by atoms with Gasteiger partial charge in [0, 0.05) is 31.4 Å². The Hall–Kier alpha value is -1.83. The van der Waals surface area contributed by atoms with E-state index in [1.807, 2.05) is 12.3 Å². The van der Waals surface area contributed by atoms with Gasteiger partial charge in [0.2, 0.25) is 5.91 Å². The van der Waals surface area contributed by atoms with E-state index < -0.39 is 0 Å². The summed E-state index contributed by atoms with van der Waals surface area (Å²) in [5.74, 6) is -0.325. The van der Waals surface area contributed by atoms with Crippen molar-refractivity contribution >= 4 is 22.4 Å². The maximum absolute atomic E-state index is 13.0. The van der Waals surface area contributed by atoms with Gasteiger partial charge >= 0.3 is 0 Å². The third-order valence-corrected chi connectivity index (χ3v) is 5.02. The van der Waals surface area contributed by atoms with Gasteiger partial charge in [0.15, 0.2) is 5.13 Å². The summed E-state index contributed by atoms with van der Waals surface area (Å²) in [7, 11) is 0. The van der Waals surface area contributed by atoms with Crippen molar-refractivity contribution in [2.75, 3.05) is 31.6 Å². The number of nitrogens with zero attached hydrogens (tertiary/aromatic N) is 2. The molecular formula is C18H22FN3O2S. The number of nitrogens with one attached hydrogen (secondary N) is 1. The van der Waals surface area contributed by atoms with E-state index in [0.717, 1.165) is 44.1 Å². The number of morpholine rings is 1. The van der Waals surface area contributed by atoms with Crippen molar-refractivity contribution in [1.82, 2.24) is 9.88 Å². The van der Waals surface area contributed by atoms with Crippen molar-refractivity contribution < 1.29 is 13.9 Å². The first-order chi connectivity index (χ1) is 12.1. The predicted octanol–water partition coefficient (Wildman–Crippen LogP) is 3.25. The Morgan fingerprint density at radius 3 is 2.80 bits per heavy atom. The van der Waals surface area contributed by atoms with Gasteiger partial charge in [-0.1, -0.05) is 19.1 Å². The highest BCUT2D eigenvalue weighted by Crippen LogP contribution is 2.22. The first kappa shape index (κ1) is 18.0. The lowest BCUT2D eigenvalue weighted by atomic mass is 9.97. The average molecular weight is 363 g/mol. The lowest BCUT2D eigenvalue weighted by Crippen LogP contribution is -2.35. The number of carbonyl (C=O) groups excluding carboxylic acids is 1. The Morgan fingerprint density at radius 1 is 1.36 bits per heavy atom. The van der Waals surface area contributed by atoms with Gasteiger partial charge in [-0.25, -0.2) is 9.37 Å². The Bertz CT molecular complexity index is 699. The van der Waals surface area contributed by atoms with E-state index in [4.69, 9.17) is 4.74 Å². The number of hydrogen-bond acceptors (Lipinski definition) is 5. The Balaban J connectivity index is 1.50. The van der Waals surface area contributed by atoms with Crippen molar-refractivity contribution in [3.05, 3.63) is 46.7 Å². The molecule has 1 aliphatic heterocycles. The number of rotatable bonds is 6. The molecule has 25 heavy (non-hydrogen) atoms. The van der Waals surface area contributed by atoms with Gasteiger partial charge in [-0.3, -0.25) is 9.69 Å². The molecule has 1 saturated heterocycles. The van der Waals surface area contributed by atoms with Gasteiger partial charge in [0.1, 0.15) is 5.82 Å². The quantitative estimate of drug-likeness (QED) is 0.856. The summed E-state index contributed by atoms with van der Waals surface area (Å²) in [6.45, 7) is 6.08. The molecule has 2 aromatic rings. The van der Waals surface area contributed by atoms with Crippen molar-refractivity contribution in [3.63, 3.8) is 0 Å². The Kier molecular flexibility index (Phi) is 6.12. The molecule has 1 atom stereocenters. The van der Waals surface area contributed by atoms with Gasteiger partial charge in [-0.05, 0) is 23.6 Å². The van der Waals surface area contributed by atoms with E-state index in [1.54, 1.807) is 12.1 Å². The Labute approximate surface area is 150 Å². The van der Waals surface area contributed by atoms with Crippen LogP contribution in [0.25, 0.3) is 0 Å². The van der Waals surface area contributed by atoms with Crippen molar-refractivity contribution in [3.8, 4) is 0 Å². The van der Waals surface area contributed by atoms with Crippen LogP contribution >= 0.6 is 11.3 Å². The van der Waals surface area contributed by atoms with Crippen LogP contribution in [-0.4, -0.2) is 42.1 Å². The highest BCUT2D eigenvalue weighted by Gasteiger charge is 2.15. The van der Waals surface area contributed by atoms with E-state index in [0.29, 0.717) is 11.6 Å². The fourth-order valence-electron chi connectivity index (χ4n) is 2.78. The number of hydrogen-bond donors (Lipinski definition) is 1. The molecule has 0 aliphatic carbocycles. The molecule has 5 nitrogen and oxygen atoms in total. The summed E-state index contributed by atoms with van der Waals surface area (Å²) in [4.78, 5) is 19.0. The van der Waals surface area contributed by atoms with Crippen LogP contribution in [0.15, 0.2) is 29.6 Å².